The molecule has 6 nitrogen and oxygen atoms in total. The van der Waals surface area contributed by atoms with Gasteiger partial charge in [0.1, 0.15) is 4.60 Å². The molecule has 0 amide bonds. The van der Waals surface area contributed by atoms with Crippen LogP contribution in [0.1, 0.15) is 24.6 Å². The van der Waals surface area contributed by atoms with Crippen molar-refractivity contribution >= 4 is 21.7 Å². The standard InChI is InChI=1S/C9H8BrN5O/c10-5-3-12-7(11)6(13-5)9-14-8(15-16-9)4-1-2-4/h3-4H,1-2H2,(H2,11,12). The fraction of sp³-hybridized carbons (Fsp3) is 0.333. The summed E-state index contributed by atoms with van der Waals surface area (Å²) in [5, 5.41) is 3.90. The van der Waals surface area contributed by atoms with Gasteiger partial charge in [0.2, 0.25) is 0 Å². The first-order valence-electron chi connectivity index (χ1n) is 4.86. The van der Waals surface area contributed by atoms with E-state index in [1.807, 2.05) is 0 Å². The van der Waals surface area contributed by atoms with E-state index in [0.717, 1.165) is 18.7 Å². The molecule has 0 atom stereocenters. The highest BCUT2D eigenvalue weighted by molar-refractivity contribution is 9.10. The Hall–Kier alpha value is -1.50. The number of nitrogens with zero attached hydrogens (tertiary/aromatic N) is 4. The van der Waals surface area contributed by atoms with E-state index in [2.05, 4.69) is 36.0 Å². The van der Waals surface area contributed by atoms with Crippen molar-refractivity contribution in [2.45, 2.75) is 18.8 Å². The van der Waals surface area contributed by atoms with Gasteiger partial charge in [-0.2, -0.15) is 4.98 Å². The Labute approximate surface area is 99.4 Å². The molecule has 82 valence electrons. The Kier molecular flexibility index (Phi) is 2.13. The summed E-state index contributed by atoms with van der Waals surface area (Å²) in [5.41, 5.74) is 6.13. The highest BCUT2D eigenvalue weighted by Gasteiger charge is 2.29. The lowest BCUT2D eigenvalue weighted by Gasteiger charge is -1.97. The second kappa shape index (κ2) is 3.51. The van der Waals surface area contributed by atoms with Crippen LogP contribution >= 0.6 is 15.9 Å². The molecule has 2 aromatic rings. The van der Waals surface area contributed by atoms with Crippen LogP contribution < -0.4 is 5.73 Å². The van der Waals surface area contributed by atoms with E-state index in [4.69, 9.17) is 10.3 Å². The number of nitrogens with two attached hydrogens (primary N) is 1. The maximum absolute atomic E-state index is 5.70. The lowest BCUT2D eigenvalue weighted by Crippen LogP contribution is -1.97. The zero-order valence-corrected chi connectivity index (χ0v) is 9.81. The number of hydrogen-bond donors (Lipinski definition) is 1. The number of aromatic nitrogens is 4. The van der Waals surface area contributed by atoms with Crippen LogP contribution in [-0.4, -0.2) is 20.1 Å². The maximum atomic E-state index is 5.70. The Balaban J connectivity index is 2.03. The van der Waals surface area contributed by atoms with Gasteiger partial charge in [-0.1, -0.05) is 5.16 Å². The van der Waals surface area contributed by atoms with Gasteiger partial charge < -0.3 is 10.3 Å². The van der Waals surface area contributed by atoms with E-state index in [0.29, 0.717) is 22.1 Å². The molecular weight excluding hydrogens is 274 g/mol. The highest BCUT2D eigenvalue weighted by Crippen LogP contribution is 2.39. The van der Waals surface area contributed by atoms with E-state index >= 15 is 0 Å². The van der Waals surface area contributed by atoms with Gasteiger partial charge in [0, 0.05) is 5.92 Å². The van der Waals surface area contributed by atoms with Crippen molar-refractivity contribution in [3.05, 3.63) is 16.6 Å². The molecule has 0 unspecified atom stereocenters. The van der Waals surface area contributed by atoms with E-state index in [-0.39, 0.29) is 5.82 Å². The first kappa shape index (κ1) is 9.71. The third kappa shape index (κ3) is 1.67. The largest absolute Gasteiger partial charge is 0.382 e. The second-order valence-corrected chi connectivity index (χ2v) is 4.47. The molecule has 0 radical (unpaired) electrons. The molecular formula is C9H8BrN5O. The van der Waals surface area contributed by atoms with E-state index < -0.39 is 0 Å². The summed E-state index contributed by atoms with van der Waals surface area (Å²) >= 11 is 3.22. The summed E-state index contributed by atoms with van der Waals surface area (Å²) in [6.45, 7) is 0. The van der Waals surface area contributed by atoms with Crippen LogP contribution in [0.25, 0.3) is 11.6 Å². The predicted molar refractivity (Wildman–Crippen MR) is 59.4 cm³/mol. The summed E-state index contributed by atoms with van der Waals surface area (Å²) in [5.74, 6) is 1.79. The van der Waals surface area contributed by atoms with Crippen LogP contribution in [0, 0.1) is 0 Å². The monoisotopic (exact) mass is 281 g/mol. The lowest BCUT2D eigenvalue weighted by molar-refractivity contribution is 0.421. The average Bonchev–Trinajstić information content (AvgIpc) is 3.01. The van der Waals surface area contributed by atoms with Crippen molar-refractivity contribution in [3.63, 3.8) is 0 Å². The van der Waals surface area contributed by atoms with Crippen LogP contribution in [0.4, 0.5) is 5.82 Å². The van der Waals surface area contributed by atoms with Crippen LogP contribution in [0.2, 0.25) is 0 Å². The van der Waals surface area contributed by atoms with Gasteiger partial charge >= 0.3 is 0 Å². The topological polar surface area (TPSA) is 90.7 Å². The van der Waals surface area contributed by atoms with Crippen molar-refractivity contribution in [2.24, 2.45) is 0 Å². The molecule has 2 heterocycles. The molecule has 3 rings (SSSR count). The molecule has 0 spiro atoms. The van der Waals surface area contributed by atoms with Crippen molar-refractivity contribution in [1.82, 2.24) is 20.1 Å². The Morgan fingerprint density at radius 2 is 2.19 bits per heavy atom. The smallest absolute Gasteiger partial charge is 0.280 e. The van der Waals surface area contributed by atoms with Crippen LogP contribution in [0.5, 0.6) is 0 Å². The third-order valence-corrected chi connectivity index (χ3v) is 2.74. The van der Waals surface area contributed by atoms with Crippen molar-refractivity contribution < 1.29 is 4.52 Å². The summed E-state index contributed by atoms with van der Waals surface area (Å²) in [4.78, 5) is 12.4. The molecule has 2 N–H and O–H groups in total. The third-order valence-electron chi connectivity index (χ3n) is 2.36. The Morgan fingerprint density at radius 3 is 2.94 bits per heavy atom. The molecule has 1 aliphatic carbocycles. The quantitative estimate of drug-likeness (QED) is 0.902. The summed E-state index contributed by atoms with van der Waals surface area (Å²) < 4.78 is 5.71. The Bertz CT molecular complexity index is 536. The molecule has 0 aliphatic heterocycles. The van der Waals surface area contributed by atoms with Crippen molar-refractivity contribution in [2.75, 3.05) is 5.73 Å². The zero-order valence-electron chi connectivity index (χ0n) is 8.22. The van der Waals surface area contributed by atoms with Gasteiger partial charge in [-0.3, -0.25) is 0 Å². The van der Waals surface area contributed by atoms with Gasteiger partial charge in [-0.05, 0) is 28.8 Å². The molecule has 1 aliphatic rings. The predicted octanol–water partition coefficient (Wildman–Crippen LogP) is 1.75. The van der Waals surface area contributed by atoms with E-state index in [9.17, 15) is 0 Å². The SMILES string of the molecule is Nc1ncc(Br)nc1-c1nc(C2CC2)no1. The summed E-state index contributed by atoms with van der Waals surface area (Å²) in [6.07, 6.45) is 3.77. The zero-order chi connectivity index (χ0) is 11.1. The van der Waals surface area contributed by atoms with E-state index in [1.54, 1.807) is 0 Å². The van der Waals surface area contributed by atoms with Crippen molar-refractivity contribution in [1.29, 1.82) is 0 Å². The minimum atomic E-state index is 0.286. The van der Waals surface area contributed by atoms with Gasteiger partial charge in [-0.25, -0.2) is 9.97 Å². The van der Waals surface area contributed by atoms with Crippen LogP contribution in [-0.2, 0) is 0 Å². The van der Waals surface area contributed by atoms with Gasteiger partial charge in [0.05, 0.1) is 6.20 Å². The lowest BCUT2D eigenvalue weighted by atomic mass is 10.4. The number of anilines is 1. The number of rotatable bonds is 2. The number of hydrogen-bond acceptors (Lipinski definition) is 6. The summed E-state index contributed by atoms with van der Waals surface area (Å²) in [6, 6.07) is 0. The Morgan fingerprint density at radius 1 is 1.38 bits per heavy atom. The summed E-state index contributed by atoms with van der Waals surface area (Å²) in [7, 11) is 0. The maximum Gasteiger partial charge on any atom is 0.280 e. The number of halogens is 1. The molecule has 0 bridgehead atoms. The van der Waals surface area contributed by atoms with Gasteiger partial charge in [0.25, 0.3) is 5.89 Å². The first-order chi connectivity index (χ1) is 7.74. The van der Waals surface area contributed by atoms with Crippen molar-refractivity contribution in [3.8, 4) is 11.6 Å². The average molecular weight is 282 g/mol. The fourth-order valence-corrected chi connectivity index (χ4v) is 1.65. The molecule has 7 heteroatoms. The second-order valence-electron chi connectivity index (χ2n) is 3.66. The molecule has 0 aromatic carbocycles. The van der Waals surface area contributed by atoms with Gasteiger partial charge in [0.15, 0.2) is 17.3 Å². The first-order valence-corrected chi connectivity index (χ1v) is 5.65. The molecule has 1 fully saturated rings. The molecule has 1 saturated carbocycles. The number of nitrogen functional groups attached to an aromatic ring is 1. The minimum absolute atomic E-state index is 0.286. The molecule has 2 aromatic heterocycles. The van der Waals surface area contributed by atoms with Gasteiger partial charge in [-0.15, -0.1) is 0 Å². The van der Waals surface area contributed by atoms with Crippen LogP contribution in [0.3, 0.4) is 0 Å². The molecule has 0 saturated heterocycles. The normalized spacial score (nSPS) is 15.3. The van der Waals surface area contributed by atoms with Crippen LogP contribution in [0.15, 0.2) is 15.3 Å². The highest BCUT2D eigenvalue weighted by atomic mass is 79.9. The molecule has 16 heavy (non-hydrogen) atoms. The fourth-order valence-electron chi connectivity index (χ4n) is 1.37. The van der Waals surface area contributed by atoms with E-state index in [1.165, 1.54) is 6.20 Å². The minimum Gasteiger partial charge on any atom is -0.382 e.